The van der Waals surface area contributed by atoms with Crippen molar-refractivity contribution in [3.63, 3.8) is 0 Å². The fourth-order valence-corrected chi connectivity index (χ4v) is 2.26. The minimum absolute atomic E-state index is 0.625. The van der Waals surface area contributed by atoms with Gasteiger partial charge in [0.1, 0.15) is 0 Å². The van der Waals surface area contributed by atoms with Crippen LogP contribution in [-0.2, 0) is 6.42 Å². The van der Waals surface area contributed by atoms with Crippen LogP contribution in [0.5, 0.6) is 0 Å². The van der Waals surface area contributed by atoms with Crippen LogP contribution in [0, 0.1) is 27.7 Å². The topological polar surface area (TPSA) is 26.0 Å². The van der Waals surface area contributed by atoms with E-state index in [1.165, 1.54) is 27.8 Å². The highest BCUT2D eigenvalue weighted by Gasteiger charge is 2.07. The maximum absolute atomic E-state index is 5.52. The van der Waals surface area contributed by atoms with Crippen LogP contribution in [0.15, 0.2) is 6.07 Å². The van der Waals surface area contributed by atoms with Gasteiger partial charge in [0.25, 0.3) is 0 Å². The molecule has 0 fully saturated rings. The van der Waals surface area contributed by atoms with Crippen molar-refractivity contribution in [2.75, 3.05) is 0 Å². The number of hydrogen-bond donors (Lipinski definition) is 1. The third-order valence-electron chi connectivity index (χ3n) is 3.37. The van der Waals surface area contributed by atoms with Crippen LogP contribution in [0.3, 0.4) is 0 Å². The Morgan fingerprint density at radius 3 is 2.06 bits per heavy atom. The number of rotatable bonds is 4. The van der Waals surface area contributed by atoms with Crippen LogP contribution in [0.2, 0.25) is 0 Å². The highest BCUT2D eigenvalue weighted by molar-refractivity contribution is 7.80. The summed E-state index contributed by atoms with van der Waals surface area (Å²) in [6.07, 6.45) is 2.98. The Bertz CT molecular complexity index is 381. The number of aryl methyl sites for hydroxylation is 2. The maximum Gasteiger partial charge on any atom is 0.0727 e. The molecule has 0 aliphatic heterocycles. The van der Waals surface area contributed by atoms with E-state index in [1.54, 1.807) is 0 Å². The molecule has 0 atom stereocenters. The van der Waals surface area contributed by atoms with Crippen LogP contribution in [0.25, 0.3) is 0 Å². The molecule has 2 N–H and O–H groups in total. The predicted molar refractivity (Wildman–Crippen MR) is 75.1 cm³/mol. The number of nitrogens with two attached hydrogens (primary N) is 1. The lowest BCUT2D eigenvalue weighted by Crippen LogP contribution is -2.08. The van der Waals surface area contributed by atoms with Gasteiger partial charge in [0, 0.05) is 0 Å². The van der Waals surface area contributed by atoms with Gasteiger partial charge in [-0.3, -0.25) is 0 Å². The average Bonchev–Trinajstić information content (AvgIpc) is 2.20. The van der Waals surface area contributed by atoms with E-state index >= 15 is 0 Å². The molecule has 0 saturated heterocycles. The highest BCUT2D eigenvalue weighted by atomic mass is 32.1. The molecule has 0 aromatic heterocycles. The second-order valence-corrected chi connectivity index (χ2v) is 5.08. The molecule has 0 bridgehead atoms. The van der Waals surface area contributed by atoms with E-state index in [2.05, 4.69) is 33.8 Å². The van der Waals surface area contributed by atoms with Crippen LogP contribution in [0.1, 0.15) is 40.7 Å². The van der Waals surface area contributed by atoms with E-state index in [0.717, 1.165) is 19.3 Å². The van der Waals surface area contributed by atoms with Crippen LogP contribution >= 0.6 is 12.2 Å². The van der Waals surface area contributed by atoms with Gasteiger partial charge < -0.3 is 5.73 Å². The lowest BCUT2D eigenvalue weighted by molar-refractivity contribution is 0.850. The van der Waals surface area contributed by atoms with Gasteiger partial charge in [0.05, 0.1) is 4.99 Å². The first-order chi connectivity index (χ1) is 7.43. The van der Waals surface area contributed by atoms with Gasteiger partial charge in [-0.2, -0.15) is 0 Å². The molecule has 16 heavy (non-hydrogen) atoms. The summed E-state index contributed by atoms with van der Waals surface area (Å²) < 4.78 is 0. The van der Waals surface area contributed by atoms with Crippen molar-refractivity contribution < 1.29 is 0 Å². The largest absolute Gasteiger partial charge is 0.393 e. The minimum Gasteiger partial charge on any atom is -0.393 e. The first kappa shape index (κ1) is 13.2. The molecular weight excluding hydrogens is 214 g/mol. The van der Waals surface area contributed by atoms with Gasteiger partial charge in [-0.1, -0.05) is 18.3 Å². The third-order valence-corrected chi connectivity index (χ3v) is 3.58. The molecule has 0 heterocycles. The predicted octanol–water partition coefficient (Wildman–Crippen LogP) is 3.53. The monoisotopic (exact) mass is 235 g/mol. The second kappa shape index (κ2) is 5.44. The molecular formula is C14H21NS. The Balaban J connectivity index is 2.90. The van der Waals surface area contributed by atoms with Crippen molar-refractivity contribution in [3.8, 4) is 0 Å². The fourth-order valence-electron chi connectivity index (χ4n) is 2.11. The number of hydrogen-bond acceptors (Lipinski definition) is 1. The van der Waals surface area contributed by atoms with E-state index in [9.17, 15) is 0 Å². The molecule has 0 saturated carbocycles. The summed E-state index contributed by atoms with van der Waals surface area (Å²) in [7, 11) is 0. The summed E-state index contributed by atoms with van der Waals surface area (Å²) in [6, 6.07) is 2.27. The normalized spacial score (nSPS) is 10.5. The standard InChI is InChI=1S/C14H21NS/c1-9-8-10(2)12(4)13(11(9)3)6-5-7-14(15)16/h8H,5-7H2,1-4H3,(H2,15,16). The van der Waals surface area contributed by atoms with Gasteiger partial charge in [0.2, 0.25) is 0 Å². The SMILES string of the molecule is Cc1cc(C)c(C)c(CCCC(N)=S)c1C. The van der Waals surface area contributed by atoms with Crippen molar-refractivity contribution in [1.29, 1.82) is 0 Å². The quantitative estimate of drug-likeness (QED) is 0.808. The molecule has 0 amide bonds. The summed E-state index contributed by atoms with van der Waals surface area (Å²) in [6.45, 7) is 8.77. The first-order valence-electron chi connectivity index (χ1n) is 5.78. The van der Waals surface area contributed by atoms with Gasteiger partial charge in [-0.15, -0.1) is 0 Å². The molecule has 1 aromatic rings. The third kappa shape index (κ3) is 3.05. The van der Waals surface area contributed by atoms with E-state index in [0.29, 0.717) is 4.99 Å². The van der Waals surface area contributed by atoms with Gasteiger partial charge in [-0.05, 0) is 74.8 Å². The molecule has 0 unspecified atom stereocenters. The van der Waals surface area contributed by atoms with E-state index in [1.807, 2.05) is 0 Å². The zero-order valence-corrected chi connectivity index (χ0v) is 11.5. The zero-order chi connectivity index (χ0) is 12.3. The van der Waals surface area contributed by atoms with E-state index in [-0.39, 0.29) is 0 Å². The van der Waals surface area contributed by atoms with Gasteiger partial charge >= 0.3 is 0 Å². The number of thiocarbonyl (C=S) groups is 1. The molecule has 0 radical (unpaired) electrons. The van der Waals surface area contributed by atoms with Gasteiger partial charge in [0.15, 0.2) is 0 Å². The molecule has 1 rings (SSSR count). The Labute approximate surface area is 104 Å². The van der Waals surface area contributed by atoms with Crippen molar-refractivity contribution >= 4 is 17.2 Å². The van der Waals surface area contributed by atoms with Crippen molar-refractivity contribution in [2.45, 2.75) is 47.0 Å². The van der Waals surface area contributed by atoms with E-state index in [4.69, 9.17) is 18.0 Å². The Hall–Kier alpha value is -0.890. The van der Waals surface area contributed by atoms with Crippen molar-refractivity contribution in [2.24, 2.45) is 5.73 Å². The first-order valence-corrected chi connectivity index (χ1v) is 6.19. The fraction of sp³-hybridized carbons (Fsp3) is 0.500. The zero-order valence-electron chi connectivity index (χ0n) is 10.7. The van der Waals surface area contributed by atoms with Crippen LogP contribution in [0.4, 0.5) is 0 Å². The summed E-state index contributed by atoms with van der Waals surface area (Å²) in [5, 5.41) is 0. The lowest BCUT2D eigenvalue weighted by atomic mass is 9.91. The summed E-state index contributed by atoms with van der Waals surface area (Å²) in [5.41, 5.74) is 12.6. The number of benzene rings is 1. The summed E-state index contributed by atoms with van der Waals surface area (Å²) in [5.74, 6) is 0. The minimum atomic E-state index is 0.625. The molecule has 0 spiro atoms. The van der Waals surface area contributed by atoms with Crippen molar-refractivity contribution in [3.05, 3.63) is 33.9 Å². The van der Waals surface area contributed by atoms with Gasteiger partial charge in [-0.25, -0.2) is 0 Å². The Morgan fingerprint density at radius 1 is 1.12 bits per heavy atom. The Kier molecular flexibility index (Phi) is 4.48. The smallest absolute Gasteiger partial charge is 0.0727 e. The molecule has 1 nitrogen and oxygen atoms in total. The maximum atomic E-state index is 5.52. The molecule has 88 valence electrons. The molecule has 2 heteroatoms. The highest BCUT2D eigenvalue weighted by Crippen LogP contribution is 2.23. The Morgan fingerprint density at radius 2 is 1.62 bits per heavy atom. The lowest BCUT2D eigenvalue weighted by Gasteiger charge is -2.15. The average molecular weight is 235 g/mol. The van der Waals surface area contributed by atoms with Crippen LogP contribution in [-0.4, -0.2) is 4.99 Å². The summed E-state index contributed by atoms with van der Waals surface area (Å²) >= 11 is 4.91. The van der Waals surface area contributed by atoms with Crippen LogP contribution < -0.4 is 5.73 Å². The summed E-state index contributed by atoms with van der Waals surface area (Å²) in [4.78, 5) is 0.625. The molecule has 0 aliphatic carbocycles. The van der Waals surface area contributed by atoms with E-state index < -0.39 is 0 Å². The second-order valence-electron chi connectivity index (χ2n) is 4.56. The molecule has 0 aliphatic rings. The molecule has 1 aromatic carbocycles. The van der Waals surface area contributed by atoms with Crippen molar-refractivity contribution in [1.82, 2.24) is 0 Å².